The highest BCUT2D eigenvalue weighted by Crippen LogP contribution is 2.46. The molecule has 278 valence electrons. The second kappa shape index (κ2) is 14.6. The lowest BCUT2D eigenvalue weighted by atomic mass is 9.80. The van der Waals surface area contributed by atoms with Crippen molar-refractivity contribution in [1.82, 2.24) is 0 Å². The third-order valence-electron chi connectivity index (χ3n) is 12.4. The standard InChI is InChI=1S/C56H43NO/c1-2-14-40(15-3-1)48-23-11-17-41-18-12-24-52(56(41)48)49-21-6-8-25-53(49)57(46-32-29-39(30-33-46)44-28-27-38-13-4-5-16-42(38)35-44)47-20-10-19-43(36-47)45-31-34-51-50-22-7-9-26-54(50)58-55(51)37-45/h4-13,16-37,40H,1-3,14-15H2. The molecule has 10 aromatic rings. The number of benzene rings is 9. The van der Waals surface area contributed by atoms with Crippen LogP contribution in [0.25, 0.3) is 76.9 Å². The average Bonchev–Trinajstić information content (AvgIpc) is 3.67. The number of para-hydroxylation sites is 2. The Morgan fingerprint density at radius 3 is 1.95 bits per heavy atom. The summed E-state index contributed by atoms with van der Waals surface area (Å²) in [6.07, 6.45) is 6.48. The smallest absolute Gasteiger partial charge is 0.136 e. The number of furan rings is 1. The molecule has 0 aliphatic heterocycles. The molecule has 1 aliphatic rings. The summed E-state index contributed by atoms with van der Waals surface area (Å²) < 4.78 is 6.35. The summed E-state index contributed by atoms with van der Waals surface area (Å²) in [6, 6.07) is 71.1. The van der Waals surface area contributed by atoms with Gasteiger partial charge in [0, 0.05) is 27.7 Å². The third kappa shape index (κ3) is 6.13. The first-order chi connectivity index (χ1) is 28.7. The Morgan fingerprint density at radius 1 is 0.397 bits per heavy atom. The van der Waals surface area contributed by atoms with Gasteiger partial charge in [-0.3, -0.25) is 0 Å². The molecular weight excluding hydrogens is 703 g/mol. The largest absolute Gasteiger partial charge is 0.456 e. The third-order valence-corrected chi connectivity index (χ3v) is 12.4. The predicted octanol–water partition coefficient (Wildman–Crippen LogP) is 16.4. The first kappa shape index (κ1) is 34.4. The SMILES string of the molecule is c1cc(-c2ccc3c(c2)oc2ccccc23)cc(N(c2ccc(-c3ccc4ccccc4c3)cc2)c2ccccc2-c2cccc3cccc(C4CCCCC4)c23)c1. The van der Waals surface area contributed by atoms with Crippen LogP contribution in [0.4, 0.5) is 17.1 Å². The minimum absolute atomic E-state index is 0.588. The fourth-order valence-electron chi connectivity index (χ4n) is 9.57. The van der Waals surface area contributed by atoms with Crippen LogP contribution >= 0.6 is 0 Å². The first-order valence-corrected chi connectivity index (χ1v) is 20.8. The van der Waals surface area contributed by atoms with Gasteiger partial charge in [0.25, 0.3) is 0 Å². The maximum absolute atomic E-state index is 6.35. The molecular formula is C56H43NO. The van der Waals surface area contributed by atoms with Crippen molar-refractivity contribution >= 4 is 60.5 Å². The first-order valence-electron chi connectivity index (χ1n) is 20.8. The number of hydrogen-bond donors (Lipinski definition) is 0. The Bertz CT molecular complexity index is 3100. The van der Waals surface area contributed by atoms with Gasteiger partial charge in [-0.15, -0.1) is 0 Å². The molecule has 1 fully saturated rings. The monoisotopic (exact) mass is 745 g/mol. The van der Waals surface area contributed by atoms with Crippen LogP contribution < -0.4 is 4.90 Å². The van der Waals surface area contributed by atoms with E-state index >= 15 is 0 Å². The predicted molar refractivity (Wildman–Crippen MR) is 246 cm³/mol. The lowest BCUT2D eigenvalue weighted by Gasteiger charge is -2.29. The number of nitrogens with zero attached hydrogens (tertiary/aromatic N) is 1. The van der Waals surface area contributed by atoms with Gasteiger partial charge in [-0.05, 0) is 128 Å². The van der Waals surface area contributed by atoms with Crippen LogP contribution in [0.5, 0.6) is 0 Å². The van der Waals surface area contributed by atoms with Crippen molar-refractivity contribution in [2.45, 2.75) is 38.0 Å². The van der Waals surface area contributed by atoms with Crippen LogP contribution in [0.15, 0.2) is 199 Å². The van der Waals surface area contributed by atoms with Crippen molar-refractivity contribution in [2.75, 3.05) is 4.90 Å². The van der Waals surface area contributed by atoms with E-state index in [0.717, 1.165) is 50.1 Å². The highest BCUT2D eigenvalue weighted by atomic mass is 16.3. The summed E-state index contributed by atoms with van der Waals surface area (Å²) in [5.41, 5.74) is 13.9. The van der Waals surface area contributed by atoms with Crippen LogP contribution in [0.1, 0.15) is 43.6 Å². The van der Waals surface area contributed by atoms with E-state index in [1.807, 2.05) is 12.1 Å². The summed E-state index contributed by atoms with van der Waals surface area (Å²) >= 11 is 0. The van der Waals surface area contributed by atoms with Gasteiger partial charge in [0.1, 0.15) is 11.2 Å². The molecule has 0 N–H and O–H groups in total. The molecule has 2 heteroatoms. The van der Waals surface area contributed by atoms with Crippen molar-refractivity contribution in [1.29, 1.82) is 0 Å². The van der Waals surface area contributed by atoms with Crippen molar-refractivity contribution in [2.24, 2.45) is 0 Å². The summed E-state index contributed by atoms with van der Waals surface area (Å²) in [5.74, 6) is 0.588. The van der Waals surface area contributed by atoms with Gasteiger partial charge in [0.05, 0.1) is 5.69 Å². The van der Waals surface area contributed by atoms with Gasteiger partial charge >= 0.3 is 0 Å². The Balaban J connectivity index is 1.07. The van der Waals surface area contributed by atoms with E-state index in [1.54, 1.807) is 0 Å². The van der Waals surface area contributed by atoms with Gasteiger partial charge in [-0.25, -0.2) is 0 Å². The maximum Gasteiger partial charge on any atom is 0.136 e. The van der Waals surface area contributed by atoms with Gasteiger partial charge in [0.15, 0.2) is 0 Å². The van der Waals surface area contributed by atoms with Crippen LogP contribution in [0.3, 0.4) is 0 Å². The van der Waals surface area contributed by atoms with Crippen LogP contribution in [-0.4, -0.2) is 0 Å². The molecule has 58 heavy (non-hydrogen) atoms. The summed E-state index contributed by atoms with van der Waals surface area (Å²) in [7, 11) is 0. The van der Waals surface area contributed by atoms with Crippen LogP contribution in [0.2, 0.25) is 0 Å². The van der Waals surface area contributed by atoms with Crippen molar-refractivity contribution < 1.29 is 4.42 Å². The Hall–Kier alpha value is -6.90. The zero-order valence-electron chi connectivity index (χ0n) is 32.4. The zero-order chi connectivity index (χ0) is 38.4. The van der Waals surface area contributed by atoms with E-state index in [0.29, 0.717) is 5.92 Å². The molecule has 2 nitrogen and oxygen atoms in total. The molecule has 0 atom stereocenters. The summed E-state index contributed by atoms with van der Waals surface area (Å²) in [4.78, 5) is 2.45. The molecule has 11 rings (SSSR count). The van der Waals surface area contributed by atoms with Crippen LogP contribution in [-0.2, 0) is 0 Å². The zero-order valence-corrected chi connectivity index (χ0v) is 32.4. The maximum atomic E-state index is 6.35. The number of rotatable bonds is 7. The Kier molecular flexibility index (Phi) is 8.62. The minimum atomic E-state index is 0.588. The van der Waals surface area contributed by atoms with E-state index in [9.17, 15) is 0 Å². The molecule has 1 saturated carbocycles. The van der Waals surface area contributed by atoms with Gasteiger partial charge in [-0.1, -0.05) is 159 Å². The normalized spacial score (nSPS) is 13.4. The van der Waals surface area contributed by atoms with E-state index < -0.39 is 0 Å². The summed E-state index contributed by atoms with van der Waals surface area (Å²) in [6.45, 7) is 0. The number of anilines is 3. The fourth-order valence-corrected chi connectivity index (χ4v) is 9.57. The fraction of sp³-hybridized carbons (Fsp3) is 0.107. The van der Waals surface area contributed by atoms with Crippen molar-refractivity contribution in [3.8, 4) is 33.4 Å². The molecule has 9 aromatic carbocycles. The average molecular weight is 746 g/mol. The van der Waals surface area contributed by atoms with E-state index in [1.165, 1.54) is 81.5 Å². The van der Waals surface area contributed by atoms with Gasteiger partial charge in [-0.2, -0.15) is 0 Å². The van der Waals surface area contributed by atoms with E-state index in [2.05, 4.69) is 187 Å². The molecule has 0 amide bonds. The molecule has 1 heterocycles. The van der Waals surface area contributed by atoms with Crippen molar-refractivity contribution in [3.63, 3.8) is 0 Å². The minimum Gasteiger partial charge on any atom is -0.456 e. The van der Waals surface area contributed by atoms with Gasteiger partial charge in [0.2, 0.25) is 0 Å². The molecule has 0 spiro atoms. The quantitative estimate of drug-likeness (QED) is 0.162. The molecule has 0 radical (unpaired) electrons. The lowest BCUT2D eigenvalue weighted by Crippen LogP contribution is -2.11. The highest BCUT2D eigenvalue weighted by Gasteiger charge is 2.23. The van der Waals surface area contributed by atoms with Crippen molar-refractivity contribution in [3.05, 3.63) is 200 Å². The topological polar surface area (TPSA) is 16.4 Å². The second-order valence-electron chi connectivity index (χ2n) is 15.9. The Morgan fingerprint density at radius 2 is 1.05 bits per heavy atom. The molecule has 0 bridgehead atoms. The number of fused-ring (bicyclic) bond motifs is 5. The number of hydrogen-bond acceptors (Lipinski definition) is 2. The van der Waals surface area contributed by atoms with Gasteiger partial charge < -0.3 is 9.32 Å². The lowest BCUT2D eigenvalue weighted by molar-refractivity contribution is 0.445. The van der Waals surface area contributed by atoms with Crippen LogP contribution in [0, 0.1) is 0 Å². The van der Waals surface area contributed by atoms with E-state index in [-0.39, 0.29) is 0 Å². The highest BCUT2D eigenvalue weighted by molar-refractivity contribution is 6.06. The summed E-state index contributed by atoms with van der Waals surface area (Å²) in [5, 5.41) is 7.49. The molecule has 1 aliphatic carbocycles. The van der Waals surface area contributed by atoms with E-state index in [4.69, 9.17) is 4.42 Å². The molecule has 0 unspecified atom stereocenters. The second-order valence-corrected chi connectivity index (χ2v) is 15.9. The molecule has 1 aromatic heterocycles. The molecule has 0 saturated heterocycles. The Labute approximate surface area is 339 Å².